The fourth-order valence-electron chi connectivity index (χ4n) is 3.55. The summed E-state index contributed by atoms with van der Waals surface area (Å²) in [5.74, 6) is 0.806. The first-order valence-corrected chi connectivity index (χ1v) is 8.62. The van der Waals surface area contributed by atoms with E-state index < -0.39 is 0 Å². The van der Waals surface area contributed by atoms with Crippen LogP contribution in [0.15, 0.2) is 24.3 Å². The van der Waals surface area contributed by atoms with Crippen LogP contribution in [-0.2, 0) is 4.74 Å². The van der Waals surface area contributed by atoms with Gasteiger partial charge in [-0.15, -0.1) is 0 Å². The molecule has 1 unspecified atom stereocenters. The molecule has 1 fully saturated rings. The molecule has 2 nitrogen and oxygen atoms in total. The van der Waals surface area contributed by atoms with Crippen molar-refractivity contribution >= 4 is 11.6 Å². The fourth-order valence-corrected chi connectivity index (χ4v) is 3.75. The molecule has 2 rings (SSSR count). The van der Waals surface area contributed by atoms with E-state index in [0.29, 0.717) is 0 Å². The molecule has 1 aromatic carbocycles. The van der Waals surface area contributed by atoms with Crippen molar-refractivity contribution < 1.29 is 4.74 Å². The van der Waals surface area contributed by atoms with Gasteiger partial charge in [-0.05, 0) is 62.8 Å². The number of nitrogens with one attached hydrogen (secondary N) is 1. The van der Waals surface area contributed by atoms with Crippen LogP contribution in [0.5, 0.6) is 0 Å². The minimum Gasteiger partial charge on any atom is -0.373 e. The third-order valence-electron chi connectivity index (χ3n) is 4.67. The minimum atomic E-state index is -0.0953. The summed E-state index contributed by atoms with van der Waals surface area (Å²) in [7, 11) is 0. The van der Waals surface area contributed by atoms with Gasteiger partial charge in [0.05, 0.1) is 11.6 Å². The molecule has 21 heavy (non-hydrogen) atoms. The Bertz CT molecular complexity index is 441. The molecule has 0 aliphatic heterocycles. The standard InChI is InChI=1S/C18H28ClNO/c1-4-20-17(15-7-6-8-16(19)13-15)18(21-5-2)11-9-14(3)10-12-18/h6-8,13-14,17,20H,4-5,9-12H2,1-3H3. The normalized spacial score (nSPS) is 27.5. The van der Waals surface area contributed by atoms with E-state index in [4.69, 9.17) is 16.3 Å². The van der Waals surface area contributed by atoms with Crippen molar-refractivity contribution in [3.05, 3.63) is 34.9 Å². The van der Waals surface area contributed by atoms with Gasteiger partial charge in [-0.2, -0.15) is 0 Å². The molecular formula is C18H28ClNO. The van der Waals surface area contributed by atoms with Gasteiger partial charge in [-0.25, -0.2) is 0 Å². The van der Waals surface area contributed by atoms with Crippen molar-refractivity contribution in [1.82, 2.24) is 5.32 Å². The Hall–Kier alpha value is -0.570. The zero-order chi connectivity index (χ0) is 15.3. The van der Waals surface area contributed by atoms with Crippen LogP contribution in [0.25, 0.3) is 0 Å². The van der Waals surface area contributed by atoms with Crippen LogP contribution < -0.4 is 5.32 Å². The van der Waals surface area contributed by atoms with Crippen molar-refractivity contribution in [3.63, 3.8) is 0 Å². The number of hydrogen-bond acceptors (Lipinski definition) is 2. The van der Waals surface area contributed by atoms with E-state index >= 15 is 0 Å². The molecule has 0 radical (unpaired) electrons. The molecule has 1 saturated carbocycles. The predicted octanol–water partition coefficient (Wildman–Crippen LogP) is 4.98. The molecule has 0 bridgehead atoms. The maximum Gasteiger partial charge on any atom is 0.0876 e. The van der Waals surface area contributed by atoms with Crippen molar-refractivity contribution in [2.75, 3.05) is 13.2 Å². The third kappa shape index (κ3) is 4.00. The molecule has 0 aromatic heterocycles. The van der Waals surface area contributed by atoms with Gasteiger partial charge in [-0.3, -0.25) is 0 Å². The van der Waals surface area contributed by atoms with Crippen molar-refractivity contribution in [1.29, 1.82) is 0 Å². The summed E-state index contributed by atoms with van der Waals surface area (Å²) in [6.07, 6.45) is 4.71. The van der Waals surface area contributed by atoms with Gasteiger partial charge in [0.15, 0.2) is 0 Å². The molecule has 1 atom stereocenters. The fraction of sp³-hybridized carbons (Fsp3) is 0.667. The van der Waals surface area contributed by atoms with Crippen LogP contribution in [-0.4, -0.2) is 18.8 Å². The molecule has 3 heteroatoms. The van der Waals surface area contributed by atoms with Gasteiger partial charge in [0.2, 0.25) is 0 Å². The highest BCUT2D eigenvalue weighted by Gasteiger charge is 2.42. The van der Waals surface area contributed by atoms with Crippen molar-refractivity contribution in [3.8, 4) is 0 Å². The topological polar surface area (TPSA) is 21.3 Å². The van der Waals surface area contributed by atoms with E-state index in [1.807, 2.05) is 12.1 Å². The summed E-state index contributed by atoms with van der Waals surface area (Å²) in [5, 5.41) is 4.45. The summed E-state index contributed by atoms with van der Waals surface area (Å²) < 4.78 is 6.32. The van der Waals surface area contributed by atoms with E-state index in [-0.39, 0.29) is 11.6 Å². The van der Waals surface area contributed by atoms with E-state index in [0.717, 1.165) is 36.9 Å². The molecule has 1 aliphatic carbocycles. The Kier molecular flexibility index (Phi) is 6.09. The van der Waals surface area contributed by atoms with Crippen LogP contribution in [0, 0.1) is 5.92 Å². The van der Waals surface area contributed by atoms with Gasteiger partial charge < -0.3 is 10.1 Å². The Balaban J connectivity index is 2.32. The summed E-state index contributed by atoms with van der Waals surface area (Å²) >= 11 is 6.21. The Morgan fingerprint density at radius 2 is 2.05 bits per heavy atom. The SMILES string of the molecule is CCNC(c1cccc(Cl)c1)C1(OCC)CCC(C)CC1. The lowest BCUT2D eigenvalue weighted by Crippen LogP contribution is -2.48. The number of ether oxygens (including phenoxy) is 1. The van der Waals surface area contributed by atoms with Crippen LogP contribution in [0.3, 0.4) is 0 Å². The Morgan fingerprint density at radius 1 is 1.33 bits per heavy atom. The van der Waals surface area contributed by atoms with Crippen molar-refractivity contribution in [2.24, 2.45) is 5.92 Å². The number of rotatable bonds is 6. The molecule has 0 spiro atoms. The van der Waals surface area contributed by atoms with Gasteiger partial charge in [0.25, 0.3) is 0 Å². The van der Waals surface area contributed by atoms with E-state index in [2.05, 4.69) is 38.2 Å². The number of hydrogen-bond donors (Lipinski definition) is 1. The highest BCUT2D eigenvalue weighted by Crippen LogP contribution is 2.43. The lowest BCUT2D eigenvalue weighted by Gasteiger charge is -2.45. The van der Waals surface area contributed by atoms with Crippen LogP contribution in [0.2, 0.25) is 5.02 Å². The average Bonchev–Trinajstić information content (AvgIpc) is 2.48. The predicted molar refractivity (Wildman–Crippen MR) is 89.9 cm³/mol. The first-order chi connectivity index (χ1) is 10.1. The zero-order valence-electron chi connectivity index (χ0n) is 13.5. The zero-order valence-corrected chi connectivity index (χ0v) is 14.2. The maximum absolute atomic E-state index is 6.32. The molecule has 1 aromatic rings. The first kappa shape index (κ1) is 16.8. The highest BCUT2D eigenvalue weighted by atomic mass is 35.5. The maximum atomic E-state index is 6.32. The van der Waals surface area contributed by atoms with E-state index in [1.54, 1.807) is 0 Å². The van der Waals surface area contributed by atoms with Gasteiger partial charge in [-0.1, -0.05) is 37.6 Å². The molecule has 0 heterocycles. The third-order valence-corrected chi connectivity index (χ3v) is 4.90. The second-order valence-electron chi connectivity index (χ2n) is 6.23. The molecule has 118 valence electrons. The molecule has 1 N–H and O–H groups in total. The molecule has 1 aliphatic rings. The molecule has 0 saturated heterocycles. The van der Waals surface area contributed by atoms with Gasteiger partial charge >= 0.3 is 0 Å². The summed E-state index contributed by atoms with van der Waals surface area (Å²) in [6.45, 7) is 8.29. The van der Waals surface area contributed by atoms with Gasteiger partial charge in [0.1, 0.15) is 0 Å². The minimum absolute atomic E-state index is 0.0953. The lowest BCUT2D eigenvalue weighted by atomic mass is 9.73. The van der Waals surface area contributed by atoms with E-state index in [1.165, 1.54) is 18.4 Å². The van der Waals surface area contributed by atoms with E-state index in [9.17, 15) is 0 Å². The first-order valence-electron chi connectivity index (χ1n) is 8.24. The Labute approximate surface area is 134 Å². The smallest absolute Gasteiger partial charge is 0.0876 e. The number of halogens is 1. The number of benzene rings is 1. The second-order valence-corrected chi connectivity index (χ2v) is 6.66. The Morgan fingerprint density at radius 3 is 2.62 bits per heavy atom. The summed E-state index contributed by atoms with van der Waals surface area (Å²) in [5.41, 5.74) is 1.15. The quantitative estimate of drug-likeness (QED) is 0.800. The highest BCUT2D eigenvalue weighted by molar-refractivity contribution is 6.30. The average molecular weight is 310 g/mol. The number of likely N-dealkylation sites (N-methyl/N-ethyl adjacent to an activating group) is 1. The summed E-state index contributed by atoms with van der Waals surface area (Å²) in [4.78, 5) is 0. The van der Waals surface area contributed by atoms with Crippen LogP contribution in [0.4, 0.5) is 0 Å². The van der Waals surface area contributed by atoms with Crippen molar-refractivity contribution in [2.45, 2.75) is 58.1 Å². The van der Waals surface area contributed by atoms with Gasteiger partial charge in [0, 0.05) is 11.6 Å². The van der Waals surface area contributed by atoms with Crippen LogP contribution in [0.1, 0.15) is 58.1 Å². The second kappa shape index (κ2) is 7.62. The largest absolute Gasteiger partial charge is 0.373 e. The lowest BCUT2D eigenvalue weighted by molar-refractivity contribution is -0.0973. The molecular weight excluding hydrogens is 282 g/mol. The monoisotopic (exact) mass is 309 g/mol. The summed E-state index contributed by atoms with van der Waals surface area (Å²) in [6, 6.07) is 8.43. The van der Waals surface area contributed by atoms with Crippen LogP contribution >= 0.6 is 11.6 Å². The molecule has 0 amide bonds.